The Morgan fingerprint density at radius 2 is 1.57 bits per heavy atom. The Bertz CT molecular complexity index is 2020. The molecule has 0 fully saturated rings. The first-order valence-corrected chi connectivity index (χ1v) is 14.7. The van der Waals surface area contributed by atoms with Gasteiger partial charge in [-0.05, 0) is 49.6 Å². The summed E-state index contributed by atoms with van der Waals surface area (Å²) in [6.07, 6.45) is 0. The summed E-state index contributed by atoms with van der Waals surface area (Å²) in [5.41, 5.74) is 5.57. The van der Waals surface area contributed by atoms with Crippen molar-refractivity contribution >= 4 is 46.1 Å². The van der Waals surface area contributed by atoms with Gasteiger partial charge in [-0.25, -0.2) is 14.4 Å². The van der Waals surface area contributed by atoms with Crippen molar-refractivity contribution in [2.24, 2.45) is 0 Å². The topological polar surface area (TPSA) is 110 Å². The second-order valence-electron chi connectivity index (χ2n) is 10.8. The van der Waals surface area contributed by atoms with Gasteiger partial charge in [0.15, 0.2) is 24.4 Å². The third-order valence-electron chi connectivity index (χ3n) is 8.09. The number of nitrogens with zero attached hydrogens (tertiary/aromatic N) is 3. The molecular formula is C35H33BN3O5+. The summed E-state index contributed by atoms with van der Waals surface area (Å²) in [6, 6.07) is 30.2. The van der Waals surface area contributed by atoms with Gasteiger partial charge in [0.25, 0.3) is 0 Å². The van der Waals surface area contributed by atoms with E-state index in [4.69, 9.17) is 9.40 Å². The van der Waals surface area contributed by atoms with E-state index in [9.17, 15) is 19.9 Å². The van der Waals surface area contributed by atoms with Crippen molar-refractivity contribution in [1.82, 2.24) is 9.56 Å². The smallest absolute Gasteiger partial charge is 0.478 e. The molecule has 1 heterocycles. The summed E-state index contributed by atoms with van der Waals surface area (Å²) in [5, 5.41) is 32.4. The lowest BCUT2D eigenvalue weighted by Crippen LogP contribution is -2.37. The van der Waals surface area contributed by atoms with E-state index < -0.39 is 13.1 Å². The average molecular weight is 586 g/mol. The molecule has 44 heavy (non-hydrogen) atoms. The maximum atomic E-state index is 11.5. The lowest BCUT2D eigenvalue weighted by molar-refractivity contribution is 0.0697. The van der Waals surface area contributed by atoms with Crippen LogP contribution in [0.25, 0.3) is 33.3 Å². The molecule has 1 aliphatic carbocycles. The monoisotopic (exact) mass is 586 g/mol. The van der Waals surface area contributed by atoms with Crippen LogP contribution in [0.5, 0.6) is 0 Å². The van der Waals surface area contributed by atoms with E-state index in [0.717, 1.165) is 57.2 Å². The fraction of sp³-hybridized carbons (Fsp3) is 0.171. The third kappa shape index (κ3) is 5.67. The largest absolute Gasteiger partial charge is 0.488 e. The van der Waals surface area contributed by atoms with Gasteiger partial charge in [-0.15, -0.1) is 0 Å². The number of anilines is 1. The maximum absolute atomic E-state index is 11.5. The number of carboxylic acids is 1. The minimum absolute atomic E-state index is 0.214. The van der Waals surface area contributed by atoms with Crippen molar-refractivity contribution in [1.29, 1.82) is 0 Å². The van der Waals surface area contributed by atoms with Crippen molar-refractivity contribution < 1.29 is 24.4 Å². The molecule has 0 unspecified atom stereocenters. The fourth-order valence-electron chi connectivity index (χ4n) is 5.81. The van der Waals surface area contributed by atoms with Crippen molar-refractivity contribution in [3.63, 3.8) is 0 Å². The van der Waals surface area contributed by atoms with E-state index in [1.807, 2.05) is 54.6 Å². The zero-order valence-electron chi connectivity index (χ0n) is 24.6. The van der Waals surface area contributed by atoms with E-state index in [1.54, 1.807) is 36.4 Å². The van der Waals surface area contributed by atoms with Crippen molar-refractivity contribution in [3.8, 4) is 11.5 Å². The molecule has 0 spiro atoms. The van der Waals surface area contributed by atoms with Crippen LogP contribution in [0, 0.1) is 0 Å². The number of carbonyl (C=O) groups is 1. The van der Waals surface area contributed by atoms with E-state index >= 15 is 0 Å². The van der Waals surface area contributed by atoms with Crippen LogP contribution < -0.4 is 20.3 Å². The number of aromatic carboxylic acids is 1. The van der Waals surface area contributed by atoms with Gasteiger partial charge in [0.05, 0.1) is 17.0 Å². The molecule has 0 saturated heterocycles. The SMILES string of the molecule is CCN(CC)c1ccc2nc3c4ccccc4c(=[N+](Cc4ccc(C(=O)O)cc4)Cc4ccccc4B(O)O)cc-3oc2c1. The van der Waals surface area contributed by atoms with E-state index in [0.29, 0.717) is 29.9 Å². The predicted octanol–water partition coefficient (Wildman–Crippen LogP) is 4.48. The standard InChI is InChI=1S/C35H32BN3O5/c1-3-38(4-2)26-17-18-30-32(19-26)44-33-20-31(27-10-6-7-11-28(27)34(33)37-30)39(21-23-13-15-24(16-14-23)35(40)41)22-25-9-5-8-12-29(25)36(42)43/h5-20,42-43H,3-4,21-22H2,1-2H3/p+1. The number of carboxylic acid groups (broad SMARTS) is 1. The van der Waals surface area contributed by atoms with Crippen LogP contribution in [0.2, 0.25) is 0 Å². The van der Waals surface area contributed by atoms with Crippen LogP contribution in [-0.2, 0) is 13.1 Å². The summed E-state index contributed by atoms with van der Waals surface area (Å²) in [4.78, 5) is 18.8. The molecule has 0 amide bonds. The zero-order valence-corrected chi connectivity index (χ0v) is 24.6. The van der Waals surface area contributed by atoms with Crippen LogP contribution >= 0.6 is 0 Å². The van der Waals surface area contributed by atoms with Crippen LogP contribution in [0.15, 0.2) is 101 Å². The predicted molar refractivity (Wildman–Crippen MR) is 174 cm³/mol. The molecule has 220 valence electrons. The number of fused-ring (bicyclic) bond motifs is 4. The number of benzene rings is 5. The second-order valence-corrected chi connectivity index (χ2v) is 10.8. The fourth-order valence-corrected chi connectivity index (χ4v) is 5.81. The number of hydrogen-bond acceptors (Lipinski definition) is 6. The first kappa shape index (κ1) is 29.1. The minimum atomic E-state index is -1.62. The first-order chi connectivity index (χ1) is 21.4. The van der Waals surface area contributed by atoms with Gasteiger partial charge >= 0.3 is 13.1 Å². The lowest BCUT2D eigenvalue weighted by Gasteiger charge is -2.21. The molecule has 4 aromatic carbocycles. The molecule has 8 nitrogen and oxygen atoms in total. The van der Waals surface area contributed by atoms with Gasteiger partial charge in [-0.2, -0.15) is 0 Å². The summed E-state index contributed by atoms with van der Waals surface area (Å²) in [6.45, 7) is 6.79. The molecule has 6 rings (SSSR count). The van der Waals surface area contributed by atoms with Gasteiger partial charge < -0.3 is 24.5 Å². The third-order valence-corrected chi connectivity index (χ3v) is 8.09. The van der Waals surface area contributed by atoms with Crippen LogP contribution in [0.1, 0.15) is 35.3 Å². The molecule has 0 bridgehead atoms. The molecule has 1 aliphatic heterocycles. The van der Waals surface area contributed by atoms with Gasteiger partial charge in [-0.1, -0.05) is 54.6 Å². The molecule has 0 radical (unpaired) electrons. The van der Waals surface area contributed by atoms with Crippen LogP contribution in [-0.4, -0.2) is 46.3 Å². The van der Waals surface area contributed by atoms with Crippen LogP contribution in [0.4, 0.5) is 5.69 Å². The summed E-state index contributed by atoms with van der Waals surface area (Å²) >= 11 is 0. The van der Waals surface area contributed by atoms with Gasteiger partial charge in [-0.3, -0.25) is 0 Å². The van der Waals surface area contributed by atoms with Gasteiger partial charge in [0, 0.05) is 41.4 Å². The van der Waals surface area contributed by atoms with Crippen molar-refractivity contribution in [2.45, 2.75) is 26.9 Å². The Labute approximate surface area is 255 Å². The number of hydrogen-bond donors (Lipinski definition) is 3. The van der Waals surface area contributed by atoms with Crippen molar-refractivity contribution in [2.75, 3.05) is 18.0 Å². The maximum Gasteiger partial charge on any atom is 0.488 e. The Balaban J connectivity index is 1.62. The molecule has 0 atom stereocenters. The minimum Gasteiger partial charge on any atom is -0.478 e. The molecule has 9 heteroatoms. The Morgan fingerprint density at radius 1 is 0.864 bits per heavy atom. The first-order valence-electron chi connectivity index (χ1n) is 14.7. The zero-order chi connectivity index (χ0) is 30.8. The number of rotatable bonds is 9. The highest BCUT2D eigenvalue weighted by Gasteiger charge is 2.23. The summed E-state index contributed by atoms with van der Waals surface area (Å²) in [5.74, 6) is -0.352. The Kier molecular flexibility index (Phi) is 8.15. The van der Waals surface area contributed by atoms with Crippen LogP contribution in [0.3, 0.4) is 0 Å². The highest BCUT2D eigenvalue weighted by Crippen LogP contribution is 2.31. The highest BCUT2D eigenvalue weighted by atomic mass is 16.4. The van der Waals surface area contributed by atoms with Crippen molar-refractivity contribution in [3.05, 3.63) is 119 Å². The summed E-state index contributed by atoms with van der Waals surface area (Å²) < 4.78 is 8.71. The number of aromatic nitrogens is 1. The van der Waals surface area contributed by atoms with Gasteiger partial charge in [0.1, 0.15) is 11.2 Å². The average Bonchev–Trinajstić information content (AvgIpc) is 3.04. The van der Waals surface area contributed by atoms with E-state index in [2.05, 4.69) is 29.4 Å². The van der Waals surface area contributed by atoms with E-state index in [1.165, 1.54) is 0 Å². The molecular weight excluding hydrogens is 553 g/mol. The Morgan fingerprint density at radius 3 is 2.27 bits per heavy atom. The lowest BCUT2D eigenvalue weighted by atomic mass is 9.77. The molecule has 4 aromatic rings. The quantitative estimate of drug-likeness (QED) is 0.0992. The normalized spacial score (nSPS) is 12.1. The Hall–Kier alpha value is -4.99. The molecule has 0 saturated carbocycles. The second kappa shape index (κ2) is 12.3. The molecule has 2 aliphatic rings. The van der Waals surface area contributed by atoms with Gasteiger partial charge in [0.2, 0.25) is 5.36 Å². The summed E-state index contributed by atoms with van der Waals surface area (Å²) in [7, 11) is -1.62. The molecule has 0 aromatic heterocycles. The molecule has 3 N–H and O–H groups in total. The highest BCUT2D eigenvalue weighted by molar-refractivity contribution is 6.59. The van der Waals surface area contributed by atoms with E-state index in [-0.39, 0.29) is 5.56 Å².